The van der Waals surface area contributed by atoms with Crippen LogP contribution in [0.3, 0.4) is 0 Å². The third kappa shape index (κ3) is 7.33. The van der Waals surface area contributed by atoms with E-state index in [4.69, 9.17) is 19.2 Å². The fraction of sp³-hybridized carbons (Fsp3) is 0.636. The molecule has 1 aliphatic heterocycles. The van der Waals surface area contributed by atoms with Gasteiger partial charge in [-0.05, 0) is 31.5 Å². The molecular weight excluding hydrogens is 511 g/mol. The van der Waals surface area contributed by atoms with E-state index in [9.17, 15) is 4.79 Å². The summed E-state index contributed by atoms with van der Waals surface area (Å²) in [5.74, 6) is 2.30. The number of hydrogen-bond acceptors (Lipinski definition) is 5. The number of halogens is 1. The van der Waals surface area contributed by atoms with Gasteiger partial charge in [-0.1, -0.05) is 19.9 Å². The van der Waals surface area contributed by atoms with Crippen LogP contribution in [0.1, 0.15) is 33.3 Å². The Hall–Kier alpha value is -1.91. The number of rotatable bonds is 7. The molecule has 1 aromatic rings. The Morgan fingerprint density at radius 2 is 1.68 bits per heavy atom. The van der Waals surface area contributed by atoms with Crippen molar-refractivity contribution in [2.45, 2.75) is 33.1 Å². The first kappa shape index (κ1) is 27.1. The molecule has 31 heavy (non-hydrogen) atoms. The second-order valence-corrected chi connectivity index (χ2v) is 7.80. The van der Waals surface area contributed by atoms with Crippen LogP contribution in [0.4, 0.5) is 4.79 Å². The molecule has 1 heterocycles. The molecule has 1 aliphatic rings. The molecule has 0 aromatic heterocycles. The molecule has 0 saturated carbocycles. The Kier molecular flexibility index (Phi) is 11.2. The fourth-order valence-corrected chi connectivity index (χ4v) is 3.36. The van der Waals surface area contributed by atoms with Crippen LogP contribution in [0.2, 0.25) is 0 Å². The van der Waals surface area contributed by atoms with Gasteiger partial charge in [-0.2, -0.15) is 0 Å². The Bertz CT molecular complexity index is 734. The molecule has 1 saturated heterocycles. The number of carbonyl (C=O) groups excluding carboxylic acids is 1. The van der Waals surface area contributed by atoms with Crippen LogP contribution in [0.25, 0.3) is 0 Å². The molecule has 8 nitrogen and oxygen atoms in total. The van der Waals surface area contributed by atoms with E-state index in [-0.39, 0.29) is 35.5 Å². The van der Waals surface area contributed by atoms with Crippen molar-refractivity contribution in [1.82, 2.24) is 15.1 Å². The van der Waals surface area contributed by atoms with Gasteiger partial charge in [0.15, 0.2) is 17.5 Å². The molecular formula is C22H37IN4O4. The van der Waals surface area contributed by atoms with Gasteiger partial charge < -0.3 is 29.3 Å². The Morgan fingerprint density at radius 1 is 1.06 bits per heavy atom. The Morgan fingerprint density at radius 3 is 2.23 bits per heavy atom. The summed E-state index contributed by atoms with van der Waals surface area (Å²) in [7, 11) is 3.28. The fourth-order valence-electron chi connectivity index (χ4n) is 3.36. The largest absolute Gasteiger partial charge is 0.493 e. The summed E-state index contributed by atoms with van der Waals surface area (Å²) in [4.78, 5) is 20.8. The summed E-state index contributed by atoms with van der Waals surface area (Å²) in [6.07, 6.45) is -0.242. The third-order valence-electron chi connectivity index (χ3n) is 5.23. The van der Waals surface area contributed by atoms with Crippen molar-refractivity contribution in [2.75, 3.05) is 60.1 Å². The lowest BCUT2D eigenvalue weighted by molar-refractivity contribution is 0.0914. The smallest absolute Gasteiger partial charge is 0.409 e. The molecule has 176 valence electrons. The summed E-state index contributed by atoms with van der Waals surface area (Å²) >= 11 is 0. The predicted octanol–water partition coefficient (Wildman–Crippen LogP) is 3.34. The number of amides is 1. The number of carbonyl (C=O) groups is 1. The highest BCUT2D eigenvalue weighted by Gasteiger charge is 2.26. The van der Waals surface area contributed by atoms with Gasteiger partial charge in [0, 0.05) is 38.1 Å². The van der Waals surface area contributed by atoms with Crippen LogP contribution in [-0.4, -0.2) is 81.9 Å². The molecule has 0 radical (unpaired) electrons. The molecule has 0 atom stereocenters. The van der Waals surface area contributed by atoms with E-state index in [2.05, 4.69) is 37.1 Å². The van der Waals surface area contributed by atoms with E-state index in [1.54, 1.807) is 19.1 Å². The minimum Gasteiger partial charge on any atom is -0.493 e. The second kappa shape index (κ2) is 12.8. The van der Waals surface area contributed by atoms with E-state index in [0.29, 0.717) is 37.7 Å². The van der Waals surface area contributed by atoms with Crippen LogP contribution < -0.4 is 14.8 Å². The van der Waals surface area contributed by atoms with Gasteiger partial charge in [-0.25, -0.2) is 4.79 Å². The van der Waals surface area contributed by atoms with Crippen molar-refractivity contribution >= 4 is 36.0 Å². The van der Waals surface area contributed by atoms with Gasteiger partial charge in [0.25, 0.3) is 0 Å². The second-order valence-electron chi connectivity index (χ2n) is 7.80. The van der Waals surface area contributed by atoms with Crippen LogP contribution in [0.5, 0.6) is 11.5 Å². The van der Waals surface area contributed by atoms with E-state index >= 15 is 0 Å². The van der Waals surface area contributed by atoms with Crippen molar-refractivity contribution in [2.24, 2.45) is 4.99 Å². The molecule has 1 aromatic carbocycles. The topological polar surface area (TPSA) is 75.6 Å². The highest BCUT2D eigenvalue weighted by Crippen LogP contribution is 2.33. The average Bonchev–Trinajstić information content (AvgIpc) is 2.76. The minimum atomic E-state index is -0.242. The van der Waals surface area contributed by atoms with Crippen LogP contribution >= 0.6 is 24.0 Å². The molecule has 1 fully saturated rings. The lowest BCUT2D eigenvalue weighted by atomic mass is 9.84. The molecule has 1 N–H and O–H groups in total. The zero-order valence-electron chi connectivity index (χ0n) is 19.6. The van der Waals surface area contributed by atoms with Crippen molar-refractivity contribution < 1.29 is 19.0 Å². The maximum Gasteiger partial charge on any atom is 0.409 e. The van der Waals surface area contributed by atoms with Crippen molar-refractivity contribution in [3.8, 4) is 11.5 Å². The molecule has 1 amide bonds. The zero-order valence-corrected chi connectivity index (χ0v) is 21.9. The quantitative estimate of drug-likeness (QED) is 0.320. The molecule has 0 unspecified atom stereocenters. The van der Waals surface area contributed by atoms with E-state index in [1.165, 1.54) is 0 Å². The standard InChI is InChI=1S/C22H36N4O4.HI/c1-7-23-20(25-11-13-26(14-12-25)21(27)30-8-2)24-16-22(3,4)17-9-10-18(28-5)19(15-17)29-6;/h9-10,15H,7-8,11-14,16H2,1-6H3,(H,23,24);1H. The lowest BCUT2D eigenvalue weighted by Crippen LogP contribution is -2.54. The number of methoxy groups -OCH3 is 2. The summed E-state index contributed by atoms with van der Waals surface area (Å²) in [6, 6.07) is 6.00. The Balaban J connectivity index is 0.00000480. The van der Waals surface area contributed by atoms with Gasteiger partial charge in [-0.3, -0.25) is 4.99 Å². The summed E-state index contributed by atoms with van der Waals surface area (Å²) in [5, 5.41) is 3.38. The number of hydrogen-bond donors (Lipinski definition) is 1. The van der Waals surface area contributed by atoms with Gasteiger partial charge in [0.1, 0.15) is 0 Å². The number of piperazine rings is 1. The monoisotopic (exact) mass is 548 g/mol. The van der Waals surface area contributed by atoms with Crippen LogP contribution in [0, 0.1) is 0 Å². The van der Waals surface area contributed by atoms with E-state index in [0.717, 1.165) is 31.2 Å². The van der Waals surface area contributed by atoms with Gasteiger partial charge in [0.2, 0.25) is 0 Å². The van der Waals surface area contributed by atoms with Crippen molar-refractivity contribution in [3.63, 3.8) is 0 Å². The first-order valence-corrected chi connectivity index (χ1v) is 10.5. The lowest BCUT2D eigenvalue weighted by Gasteiger charge is -2.36. The minimum absolute atomic E-state index is 0. The van der Waals surface area contributed by atoms with Crippen LogP contribution in [0.15, 0.2) is 23.2 Å². The first-order valence-electron chi connectivity index (χ1n) is 10.5. The third-order valence-corrected chi connectivity index (χ3v) is 5.23. The van der Waals surface area contributed by atoms with Crippen LogP contribution in [-0.2, 0) is 10.2 Å². The normalized spacial score (nSPS) is 14.6. The van der Waals surface area contributed by atoms with E-state index < -0.39 is 0 Å². The van der Waals surface area contributed by atoms with Crippen molar-refractivity contribution in [1.29, 1.82) is 0 Å². The Labute approximate surface area is 203 Å². The maximum absolute atomic E-state index is 11.9. The zero-order chi connectivity index (χ0) is 22.1. The molecule has 0 bridgehead atoms. The van der Waals surface area contributed by atoms with Gasteiger partial charge >= 0.3 is 6.09 Å². The summed E-state index contributed by atoms with van der Waals surface area (Å²) in [6.45, 7) is 12.7. The summed E-state index contributed by atoms with van der Waals surface area (Å²) in [5.41, 5.74) is 0.944. The highest BCUT2D eigenvalue weighted by atomic mass is 127. The number of benzene rings is 1. The predicted molar refractivity (Wildman–Crippen MR) is 134 cm³/mol. The maximum atomic E-state index is 11.9. The highest BCUT2D eigenvalue weighted by molar-refractivity contribution is 14.0. The number of guanidine groups is 1. The molecule has 2 rings (SSSR count). The number of aliphatic imine (C=N–C) groups is 1. The van der Waals surface area contributed by atoms with Crippen molar-refractivity contribution in [3.05, 3.63) is 23.8 Å². The van der Waals surface area contributed by atoms with Gasteiger partial charge in [0.05, 0.1) is 27.4 Å². The first-order chi connectivity index (χ1) is 14.4. The number of nitrogens with zero attached hydrogens (tertiary/aromatic N) is 3. The summed E-state index contributed by atoms with van der Waals surface area (Å²) < 4.78 is 15.9. The van der Waals surface area contributed by atoms with Gasteiger partial charge in [-0.15, -0.1) is 24.0 Å². The number of nitrogens with one attached hydrogen (secondary N) is 1. The average molecular weight is 548 g/mol. The molecule has 0 spiro atoms. The SMILES string of the molecule is CCNC(=NCC(C)(C)c1ccc(OC)c(OC)c1)N1CCN(C(=O)OCC)CC1.I. The number of ether oxygens (including phenoxy) is 3. The molecule has 0 aliphatic carbocycles. The molecule has 9 heteroatoms. The van der Waals surface area contributed by atoms with E-state index in [1.807, 2.05) is 19.1 Å².